The molecule has 5 rings (SSSR count). The maximum absolute atomic E-state index is 15.4. The summed E-state index contributed by atoms with van der Waals surface area (Å²) in [6.07, 6.45) is 7.98. The number of piperidine rings is 1. The standard InChI is InChI=1S/C37H53FN6O3/c1-4-7-22-46-37(47-23-8-5-2)27-17-20-43(21-18-27)33-24-28(15-16-31(33)38)44-19-11-12-29(44)26-42(6-3)34-25-32(40-41-36(34)39)30-13-9-10-14-35(30)45/h9-10,13-16,24-25,27,29,37,45H,4-8,11-12,17-23,26H2,1-3H3,(H2,39,41). The van der Waals surface area contributed by atoms with Gasteiger partial charge in [-0.25, -0.2) is 4.39 Å². The predicted octanol–water partition coefficient (Wildman–Crippen LogP) is 7.24. The molecule has 3 N–H and O–H groups in total. The van der Waals surface area contributed by atoms with Gasteiger partial charge in [0.15, 0.2) is 12.1 Å². The number of likely N-dealkylation sites (N-methyl/N-ethyl adjacent to an activating group) is 1. The van der Waals surface area contributed by atoms with Gasteiger partial charge in [0.1, 0.15) is 11.6 Å². The number of nitrogens with two attached hydrogens (primary N) is 1. The molecule has 1 atom stereocenters. The second kappa shape index (κ2) is 17.0. The normalized spacial score (nSPS) is 17.2. The zero-order valence-electron chi connectivity index (χ0n) is 28.4. The Morgan fingerprint density at radius 2 is 1.68 bits per heavy atom. The van der Waals surface area contributed by atoms with Gasteiger partial charge in [-0.15, -0.1) is 10.2 Å². The van der Waals surface area contributed by atoms with Gasteiger partial charge < -0.3 is 35.0 Å². The number of nitrogen functional groups attached to an aromatic ring is 1. The number of nitrogens with zero attached hydrogens (tertiary/aromatic N) is 5. The van der Waals surface area contributed by atoms with Gasteiger partial charge in [-0.2, -0.15) is 0 Å². The summed E-state index contributed by atoms with van der Waals surface area (Å²) in [6, 6.07) is 14.8. The molecule has 0 saturated carbocycles. The maximum atomic E-state index is 15.4. The van der Waals surface area contributed by atoms with Crippen molar-refractivity contribution in [2.24, 2.45) is 5.92 Å². The molecule has 47 heavy (non-hydrogen) atoms. The van der Waals surface area contributed by atoms with Gasteiger partial charge in [-0.1, -0.05) is 38.8 Å². The lowest BCUT2D eigenvalue weighted by atomic mass is 9.95. The Bertz CT molecular complexity index is 1410. The van der Waals surface area contributed by atoms with E-state index in [0.29, 0.717) is 28.7 Å². The van der Waals surface area contributed by atoms with Gasteiger partial charge in [0.2, 0.25) is 0 Å². The molecule has 0 amide bonds. The van der Waals surface area contributed by atoms with Crippen LogP contribution in [-0.2, 0) is 9.47 Å². The van der Waals surface area contributed by atoms with Crippen molar-refractivity contribution in [1.82, 2.24) is 10.2 Å². The van der Waals surface area contributed by atoms with Crippen LogP contribution in [0, 0.1) is 11.7 Å². The van der Waals surface area contributed by atoms with Crippen LogP contribution in [0.15, 0.2) is 48.5 Å². The summed E-state index contributed by atoms with van der Waals surface area (Å²) >= 11 is 0. The first-order valence-corrected chi connectivity index (χ1v) is 17.6. The Hall–Kier alpha value is -3.63. The highest BCUT2D eigenvalue weighted by atomic mass is 19.1. The largest absolute Gasteiger partial charge is 0.507 e. The molecule has 2 aliphatic rings. The third-order valence-corrected chi connectivity index (χ3v) is 9.60. The monoisotopic (exact) mass is 648 g/mol. The zero-order chi connectivity index (χ0) is 33.2. The van der Waals surface area contributed by atoms with E-state index < -0.39 is 0 Å². The highest BCUT2D eigenvalue weighted by Crippen LogP contribution is 2.36. The number of hydrogen-bond donors (Lipinski definition) is 2. The van der Waals surface area contributed by atoms with Crippen LogP contribution in [0.1, 0.15) is 72.1 Å². The van der Waals surface area contributed by atoms with Crippen molar-refractivity contribution in [3.63, 3.8) is 0 Å². The average molecular weight is 649 g/mol. The van der Waals surface area contributed by atoms with Crippen LogP contribution in [0.3, 0.4) is 0 Å². The van der Waals surface area contributed by atoms with E-state index in [4.69, 9.17) is 15.2 Å². The molecular formula is C37H53FN6O3. The van der Waals surface area contributed by atoms with Crippen molar-refractivity contribution in [2.45, 2.75) is 84.5 Å². The summed E-state index contributed by atoms with van der Waals surface area (Å²) in [5, 5.41) is 18.9. The molecule has 256 valence electrons. The van der Waals surface area contributed by atoms with E-state index in [0.717, 1.165) is 109 Å². The number of aromatic hydroxyl groups is 1. The SMILES string of the molecule is CCCCOC(OCCCC)C1CCN(c2cc(N3CCCC3CN(CC)c3cc(-c4ccccc4O)nnc3N)ccc2F)CC1. The molecule has 2 fully saturated rings. The van der Waals surface area contributed by atoms with Crippen LogP contribution in [0.5, 0.6) is 5.75 Å². The summed E-state index contributed by atoms with van der Waals surface area (Å²) in [4.78, 5) is 6.83. The van der Waals surface area contributed by atoms with Crippen molar-refractivity contribution >= 4 is 22.9 Å². The minimum absolute atomic E-state index is 0.152. The Labute approximate surface area is 279 Å². The molecule has 0 radical (unpaired) electrons. The van der Waals surface area contributed by atoms with E-state index in [2.05, 4.69) is 45.7 Å². The van der Waals surface area contributed by atoms with E-state index in [1.807, 2.05) is 30.3 Å². The number of aromatic nitrogens is 2. The number of phenols is 1. The number of anilines is 4. The van der Waals surface area contributed by atoms with Crippen molar-refractivity contribution < 1.29 is 19.0 Å². The van der Waals surface area contributed by atoms with Crippen molar-refractivity contribution in [2.75, 3.05) is 66.4 Å². The number of benzene rings is 2. The molecule has 2 aliphatic heterocycles. The highest BCUT2D eigenvalue weighted by Gasteiger charge is 2.31. The molecule has 2 aromatic carbocycles. The molecule has 0 aliphatic carbocycles. The van der Waals surface area contributed by atoms with E-state index in [1.54, 1.807) is 18.2 Å². The molecule has 10 heteroatoms. The van der Waals surface area contributed by atoms with Gasteiger partial charge in [-0.05, 0) is 81.8 Å². The predicted molar refractivity (Wildman–Crippen MR) is 189 cm³/mol. The Morgan fingerprint density at radius 3 is 2.36 bits per heavy atom. The zero-order valence-corrected chi connectivity index (χ0v) is 28.4. The first-order valence-electron chi connectivity index (χ1n) is 17.6. The van der Waals surface area contributed by atoms with Gasteiger partial charge in [0.25, 0.3) is 0 Å². The first-order chi connectivity index (χ1) is 22.9. The molecule has 2 saturated heterocycles. The number of halogens is 1. The van der Waals surface area contributed by atoms with E-state index in [-0.39, 0.29) is 23.9 Å². The lowest BCUT2D eigenvalue weighted by molar-refractivity contribution is -0.177. The fraction of sp³-hybridized carbons (Fsp3) is 0.568. The van der Waals surface area contributed by atoms with Crippen molar-refractivity contribution in [3.05, 3.63) is 54.3 Å². The number of para-hydroxylation sites is 1. The molecule has 0 bridgehead atoms. The molecule has 0 spiro atoms. The Morgan fingerprint density at radius 1 is 0.957 bits per heavy atom. The summed E-state index contributed by atoms with van der Waals surface area (Å²) in [5.41, 5.74) is 10.1. The van der Waals surface area contributed by atoms with Gasteiger partial charge >= 0.3 is 0 Å². The highest BCUT2D eigenvalue weighted by molar-refractivity contribution is 5.74. The van der Waals surface area contributed by atoms with Gasteiger partial charge in [-0.3, -0.25) is 0 Å². The van der Waals surface area contributed by atoms with E-state index in [1.165, 1.54) is 0 Å². The van der Waals surface area contributed by atoms with Gasteiger partial charge in [0.05, 0.1) is 17.1 Å². The van der Waals surface area contributed by atoms with Crippen LogP contribution in [0.25, 0.3) is 11.3 Å². The summed E-state index contributed by atoms with van der Waals surface area (Å²) < 4.78 is 27.8. The van der Waals surface area contributed by atoms with Crippen molar-refractivity contribution in [3.8, 4) is 17.0 Å². The maximum Gasteiger partial charge on any atom is 0.169 e. The van der Waals surface area contributed by atoms with E-state index in [9.17, 15) is 5.11 Å². The second-order valence-corrected chi connectivity index (χ2v) is 12.8. The number of hydrogen-bond acceptors (Lipinski definition) is 9. The third kappa shape index (κ3) is 8.65. The summed E-state index contributed by atoms with van der Waals surface area (Å²) in [6.45, 7) is 11.8. The molecule has 3 heterocycles. The molecule has 1 unspecified atom stereocenters. The minimum atomic E-state index is -0.183. The number of ether oxygens (including phenoxy) is 2. The van der Waals surface area contributed by atoms with Crippen LogP contribution >= 0.6 is 0 Å². The number of phenolic OH excluding ortho intramolecular Hbond substituents is 1. The Kier molecular flexibility index (Phi) is 12.5. The first kappa shape index (κ1) is 34.7. The van der Waals surface area contributed by atoms with E-state index >= 15 is 4.39 Å². The van der Waals surface area contributed by atoms with Crippen molar-refractivity contribution in [1.29, 1.82) is 0 Å². The minimum Gasteiger partial charge on any atom is -0.507 e. The van der Waals surface area contributed by atoms with Gasteiger partial charge in [0, 0.05) is 69.1 Å². The smallest absolute Gasteiger partial charge is 0.169 e. The molecular weight excluding hydrogens is 595 g/mol. The molecule has 3 aromatic rings. The average Bonchev–Trinajstić information content (AvgIpc) is 3.56. The lowest BCUT2D eigenvalue weighted by Gasteiger charge is -2.38. The van der Waals surface area contributed by atoms with Crippen LogP contribution < -0.4 is 20.4 Å². The number of rotatable bonds is 16. The third-order valence-electron chi connectivity index (χ3n) is 9.60. The summed E-state index contributed by atoms with van der Waals surface area (Å²) in [7, 11) is 0. The van der Waals surface area contributed by atoms with Crippen LogP contribution in [0.2, 0.25) is 0 Å². The number of unbranched alkanes of at least 4 members (excludes halogenated alkanes) is 2. The Balaban J connectivity index is 1.27. The molecule has 1 aromatic heterocycles. The van der Waals surface area contributed by atoms with Crippen LogP contribution in [0.4, 0.5) is 27.3 Å². The summed E-state index contributed by atoms with van der Waals surface area (Å²) in [5.74, 6) is 0.646. The molecule has 9 nitrogen and oxygen atoms in total. The second-order valence-electron chi connectivity index (χ2n) is 12.8. The lowest BCUT2D eigenvalue weighted by Crippen LogP contribution is -2.41. The fourth-order valence-corrected chi connectivity index (χ4v) is 6.83. The fourth-order valence-electron chi connectivity index (χ4n) is 6.83. The quantitative estimate of drug-likeness (QED) is 0.123. The van der Waals surface area contributed by atoms with Crippen LogP contribution in [-0.4, -0.2) is 73.6 Å². The topological polar surface area (TPSA) is 100 Å².